The molecule has 2 atom stereocenters. The summed E-state index contributed by atoms with van der Waals surface area (Å²) in [4.78, 5) is 28.7. The number of amides is 2. The van der Waals surface area contributed by atoms with Gasteiger partial charge in [-0.25, -0.2) is 8.78 Å². The van der Waals surface area contributed by atoms with Crippen LogP contribution in [0.4, 0.5) is 8.78 Å². The second-order valence-electron chi connectivity index (χ2n) is 6.61. The van der Waals surface area contributed by atoms with Gasteiger partial charge in [0.15, 0.2) is 0 Å². The van der Waals surface area contributed by atoms with Gasteiger partial charge in [0.1, 0.15) is 17.0 Å². The van der Waals surface area contributed by atoms with Crippen LogP contribution in [0.2, 0.25) is 0 Å². The van der Waals surface area contributed by atoms with Gasteiger partial charge < -0.3 is 9.80 Å². The highest BCUT2D eigenvalue weighted by molar-refractivity contribution is 8.01. The summed E-state index contributed by atoms with van der Waals surface area (Å²) < 4.78 is 26.3. The Morgan fingerprint density at radius 3 is 2.21 bits per heavy atom. The minimum absolute atomic E-state index is 0.00427. The molecule has 1 aliphatic rings. The van der Waals surface area contributed by atoms with Gasteiger partial charge >= 0.3 is 0 Å². The number of carbonyl (C=O) groups excluding carboxylic acids is 2. The number of rotatable bonds is 6. The van der Waals surface area contributed by atoms with E-state index >= 15 is 0 Å². The molecule has 0 spiro atoms. The number of halogens is 2. The third kappa shape index (κ3) is 4.35. The van der Waals surface area contributed by atoms with Crippen molar-refractivity contribution in [3.05, 3.63) is 71.3 Å². The third-order valence-electron chi connectivity index (χ3n) is 4.77. The molecule has 0 radical (unpaired) electrons. The summed E-state index contributed by atoms with van der Waals surface area (Å²) in [6.07, 6.45) is 0. The molecule has 2 aromatic rings. The van der Waals surface area contributed by atoms with E-state index in [1.807, 2.05) is 13.8 Å². The first-order chi connectivity index (χ1) is 13.4. The second-order valence-corrected chi connectivity index (χ2v) is 8.03. The molecule has 3 rings (SSSR count). The number of likely N-dealkylation sites (N-methyl/N-ethyl adjacent to an activating group) is 1. The number of carbonyl (C=O) groups is 2. The Kier molecular flexibility index (Phi) is 6.34. The fourth-order valence-corrected chi connectivity index (χ4v) is 4.50. The van der Waals surface area contributed by atoms with Crippen molar-refractivity contribution in [2.45, 2.75) is 24.5 Å². The fourth-order valence-electron chi connectivity index (χ4n) is 3.19. The van der Waals surface area contributed by atoms with Crippen LogP contribution < -0.4 is 0 Å². The highest BCUT2D eigenvalue weighted by Crippen LogP contribution is 2.42. The molecule has 2 aromatic carbocycles. The van der Waals surface area contributed by atoms with E-state index in [2.05, 4.69) is 0 Å². The molecule has 0 unspecified atom stereocenters. The van der Waals surface area contributed by atoms with Crippen molar-refractivity contribution in [1.29, 1.82) is 0 Å². The quantitative estimate of drug-likeness (QED) is 0.728. The van der Waals surface area contributed by atoms with E-state index in [-0.39, 0.29) is 28.3 Å². The molecule has 7 heteroatoms. The first kappa shape index (κ1) is 20.3. The van der Waals surface area contributed by atoms with Gasteiger partial charge in [0.05, 0.1) is 5.25 Å². The van der Waals surface area contributed by atoms with Crippen LogP contribution >= 0.6 is 11.8 Å². The van der Waals surface area contributed by atoms with E-state index in [1.54, 1.807) is 21.9 Å². The lowest BCUT2D eigenvalue weighted by Gasteiger charge is -2.28. The van der Waals surface area contributed by atoms with E-state index in [0.717, 1.165) is 5.56 Å². The normalized spacial score (nSPS) is 19.1. The van der Waals surface area contributed by atoms with E-state index < -0.39 is 5.82 Å². The molecule has 28 heavy (non-hydrogen) atoms. The van der Waals surface area contributed by atoms with Gasteiger partial charge in [-0.2, -0.15) is 0 Å². The fraction of sp³-hybridized carbons (Fsp3) is 0.333. The predicted octanol–water partition coefficient (Wildman–Crippen LogP) is 4.09. The van der Waals surface area contributed by atoms with Crippen LogP contribution in [-0.4, -0.2) is 46.5 Å². The summed E-state index contributed by atoms with van der Waals surface area (Å²) in [6.45, 7) is 4.93. The van der Waals surface area contributed by atoms with Gasteiger partial charge in [-0.05, 0) is 55.8 Å². The van der Waals surface area contributed by atoms with Crippen molar-refractivity contribution < 1.29 is 18.4 Å². The predicted molar refractivity (Wildman–Crippen MR) is 106 cm³/mol. The zero-order chi connectivity index (χ0) is 20.3. The summed E-state index contributed by atoms with van der Waals surface area (Å²) in [5.41, 5.74) is 1.27. The van der Waals surface area contributed by atoms with E-state index in [4.69, 9.17) is 0 Å². The van der Waals surface area contributed by atoms with Gasteiger partial charge in [0.25, 0.3) is 5.91 Å². The van der Waals surface area contributed by atoms with Crippen LogP contribution in [0.5, 0.6) is 0 Å². The average molecular weight is 404 g/mol. The van der Waals surface area contributed by atoms with Crippen LogP contribution in [0.3, 0.4) is 0 Å². The van der Waals surface area contributed by atoms with Crippen LogP contribution in [0.1, 0.15) is 35.1 Å². The summed E-state index contributed by atoms with van der Waals surface area (Å²) in [5.74, 6) is -0.909. The van der Waals surface area contributed by atoms with E-state index in [1.165, 1.54) is 48.2 Å². The van der Waals surface area contributed by atoms with Gasteiger partial charge in [0, 0.05) is 25.2 Å². The second kappa shape index (κ2) is 8.73. The Hall–Kier alpha value is -2.41. The summed E-state index contributed by atoms with van der Waals surface area (Å²) in [7, 11) is 0. The number of benzene rings is 2. The Labute approximate surface area is 167 Å². The van der Waals surface area contributed by atoms with Gasteiger partial charge in [-0.15, -0.1) is 11.8 Å². The maximum absolute atomic E-state index is 13.2. The first-order valence-electron chi connectivity index (χ1n) is 9.17. The monoisotopic (exact) mass is 404 g/mol. The van der Waals surface area contributed by atoms with Gasteiger partial charge in [0.2, 0.25) is 5.91 Å². The molecule has 148 valence electrons. The standard InChI is InChI=1S/C21H22F2N2O2S/c1-3-24(20(27)15-4-8-17(22)9-5-15)12-13-25-19(26)14(2)28-21(25)16-6-10-18(23)11-7-16/h4-11,14,21H,3,12-13H2,1-2H3/t14-,21+/m1/s1. The third-order valence-corrected chi connectivity index (χ3v) is 6.17. The van der Waals surface area contributed by atoms with Gasteiger partial charge in [-0.1, -0.05) is 12.1 Å². The SMILES string of the molecule is CCN(CCN1C(=O)[C@@H](C)S[C@H]1c1ccc(F)cc1)C(=O)c1ccc(F)cc1. The number of nitrogens with zero attached hydrogens (tertiary/aromatic N) is 2. The molecule has 2 amide bonds. The topological polar surface area (TPSA) is 40.6 Å². The largest absolute Gasteiger partial charge is 0.337 e. The van der Waals surface area contributed by atoms with E-state index in [0.29, 0.717) is 25.2 Å². The molecule has 0 bridgehead atoms. The molecule has 0 N–H and O–H groups in total. The van der Waals surface area contributed by atoms with Crippen molar-refractivity contribution in [1.82, 2.24) is 9.80 Å². The molecule has 4 nitrogen and oxygen atoms in total. The van der Waals surface area contributed by atoms with Crippen molar-refractivity contribution >= 4 is 23.6 Å². The maximum Gasteiger partial charge on any atom is 0.253 e. The highest BCUT2D eigenvalue weighted by Gasteiger charge is 2.38. The molecule has 0 saturated carbocycles. The molecule has 1 heterocycles. The van der Waals surface area contributed by atoms with Crippen molar-refractivity contribution in [2.24, 2.45) is 0 Å². The number of hydrogen-bond acceptors (Lipinski definition) is 3. The lowest BCUT2D eigenvalue weighted by atomic mass is 10.2. The Morgan fingerprint density at radius 1 is 1.07 bits per heavy atom. The molecule has 1 aliphatic heterocycles. The van der Waals surface area contributed by atoms with Crippen molar-refractivity contribution in [3.8, 4) is 0 Å². The summed E-state index contributed by atoms with van der Waals surface area (Å²) in [6, 6.07) is 11.6. The minimum atomic E-state index is -0.393. The zero-order valence-electron chi connectivity index (χ0n) is 15.8. The van der Waals surface area contributed by atoms with Crippen molar-refractivity contribution in [3.63, 3.8) is 0 Å². The maximum atomic E-state index is 13.2. The molecular weight excluding hydrogens is 382 g/mol. The van der Waals surface area contributed by atoms with Gasteiger partial charge in [-0.3, -0.25) is 9.59 Å². The van der Waals surface area contributed by atoms with Crippen LogP contribution in [0.25, 0.3) is 0 Å². The lowest BCUT2D eigenvalue weighted by Crippen LogP contribution is -2.40. The molecule has 1 saturated heterocycles. The molecule has 0 aliphatic carbocycles. The summed E-state index contributed by atoms with van der Waals surface area (Å²) in [5, 5.41) is -0.402. The Bertz CT molecular complexity index is 842. The molecular formula is C21H22F2N2O2S. The lowest BCUT2D eigenvalue weighted by molar-refractivity contribution is -0.130. The first-order valence-corrected chi connectivity index (χ1v) is 10.1. The van der Waals surface area contributed by atoms with Crippen molar-refractivity contribution in [2.75, 3.05) is 19.6 Å². The summed E-state index contributed by atoms with van der Waals surface area (Å²) >= 11 is 1.52. The molecule has 0 aromatic heterocycles. The smallest absolute Gasteiger partial charge is 0.253 e. The van der Waals surface area contributed by atoms with Crippen LogP contribution in [0, 0.1) is 11.6 Å². The Morgan fingerprint density at radius 2 is 1.64 bits per heavy atom. The van der Waals surface area contributed by atoms with E-state index in [9.17, 15) is 18.4 Å². The van der Waals surface area contributed by atoms with Crippen LogP contribution in [-0.2, 0) is 4.79 Å². The Balaban J connectivity index is 1.72. The number of hydrogen-bond donors (Lipinski definition) is 0. The minimum Gasteiger partial charge on any atom is -0.337 e. The average Bonchev–Trinajstić information content (AvgIpc) is 2.98. The van der Waals surface area contributed by atoms with Crippen LogP contribution in [0.15, 0.2) is 48.5 Å². The highest BCUT2D eigenvalue weighted by atomic mass is 32.2. The number of thioether (sulfide) groups is 1. The molecule has 1 fully saturated rings. The zero-order valence-corrected chi connectivity index (χ0v) is 16.6.